The third-order valence-electron chi connectivity index (χ3n) is 2.43. The first-order chi connectivity index (χ1) is 8.60. The maximum Gasteiger partial charge on any atom is 0.219 e. The van der Waals surface area contributed by atoms with Crippen LogP contribution in [-0.4, -0.2) is 12.1 Å². The van der Waals surface area contributed by atoms with Crippen molar-refractivity contribution in [3.8, 4) is 17.4 Å². The number of nitrogens with two attached hydrogens (primary N) is 1. The molecule has 0 atom stereocenters. The van der Waals surface area contributed by atoms with Gasteiger partial charge in [0.1, 0.15) is 5.75 Å². The Balaban J connectivity index is 2.25. The average Bonchev–Trinajstić information content (AvgIpc) is 2.36. The van der Waals surface area contributed by atoms with Gasteiger partial charge in [0, 0.05) is 16.6 Å². The summed E-state index contributed by atoms with van der Waals surface area (Å²) in [4.78, 5) is 4.30. The van der Waals surface area contributed by atoms with Crippen molar-refractivity contribution in [1.29, 1.82) is 0 Å². The van der Waals surface area contributed by atoms with Gasteiger partial charge in [-0.3, -0.25) is 0 Å². The summed E-state index contributed by atoms with van der Waals surface area (Å²) < 4.78 is 11.7. The van der Waals surface area contributed by atoms with Crippen LogP contribution < -0.4 is 15.2 Å². The molecule has 0 spiro atoms. The molecule has 0 aliphatic carbocycles. The van der Waals surface area contributed by atoms with Gasteiger partial charge in [-0.1, -0.05) is 0 Å². The number of nitrogen functional groups attached to an aromatic ring is 1. The fourth-order valence-corrected chi connectivity index (χ4v) is 1.66. The number of anilines is 1. The topological polar surface area (TPSA) is 57.4 Å². The number of pyridine rings is 1. The summed E-state index contributed by atoms with van der Waals surface area (Å²) in [5.74, 6) is 1.76. The molecule has 1 heterocycles. The molecular weight excluding hydrogens is 296 g/mol. The maximum atomic E-state index is 5.87. The van der Waals surface area contributed by atoms with Gasteiger partial charge in [-0.2, -0.15) is 0 Å². The van der Waals surface area contributed by atoms with Crippen molar-refractivity contribution in [2.75, 3.05) is 12.8 Å². The van der Waals surface area contributed by atoms with Crippen LogP contribution in [0.25, 0.3) is 0 Å². The van der Waals surface area contributed by atoms with Gasteiger partial charge >= 0.3 is 0 Å². The highest BCUT2D eigenvalue weighted by atomic mass is 79.9. The molecule has 1 aromatic carbocycles. The third kappa shape index (κ3) is 2.73. The summed E-state index contributed by atoms with van der Waals surface area (Å²) in [5.41, 5.74) is 7.24. The average molecular weight is 309 g/mol. The molecule has 0 fully saturated rings. The highest BCUT2D eigenvalue weighted by Gasteiger charge is 2.06. The number of aryl methyl sites for hydroxylation is 1. The number of rotatable bonds is 3. The Morgan fingerprint density at radius 3 is 2.61 bits per heavy atom. The second-order valence-corrected chi connectivity index (χ2v) is 4.58. The quantitative estimate of drug-likeness (QED) is 0.881. The van der Waals surface area contributed by atoms with E-state index in [1.54, 1.807) is 31.4 Å². The Bertz CT molecular complexity index is 573. The van der Waals surface area contributed by atoms with Gasteiger partial charge in [-0.15, -0.1) is 0 Å². The zero-order valence-corrected chi connectivity index (χ0v) is 11.7. The van der Waals surface area contributed by atoms with Crippen molar-refractivity contribution >= 4 is 21.6 Å². The molecule has 0 aliphatic rings. The molecule has 94 valence electrons. The lowest BCUT2D eigenvalue weighted by atomic mass is 10.3. The van der Waals surface area contributed by atoms with E-state index in [-0.39, 0.29) is 0 Å². The van der Waals surface area contributed by atoms with E-state index in [4.69, 9.17) is 15.2 Å². The largest absolute Gasteiger partial charge is 0.497 e. The maximum absolute atomic E-state index is 5.87. The molecule has 0 bridgehead atoms. The van der Waals surface area contributed by atoms with E-state index in [2.05, 4.69) is 20.9 Å². The van der Waals surface area contributed by atoms with Gasteiger partial charge in [0.2, 0.25) is 5.88 Å². The van der Waals surface area contributed by atoms with Crippen molar-refractivity contribution in [3.05, 3.63) is 40.5 Å². The molecule has 0 amide bonds. The molecule has 0 unspecified atom stereocenters. The first-order valence-corrected chi connectivity index (χ1v) is 6.14. The Labute approximate surface area is 114 Å². The van der Waals surface area contributed by atoms with E-state index >= 15 is 0 Å². The number of benzene rings is 1. The lowest BCUT2D eigenvalue weighted by Gasteiger charge is -2.09. The molecule has 4 nitrogen and oxygen atoms in total. The minimum atomic E-state index is 0.507. The van der Waals surface area contributed by atoms with Gasteiger partial charge in [0.25, 0.3) is 0 Å². The first-order valence-electron chi connectivity index (χ1n) is 5.34. The van der Waals surface area contributed by atoms with E-state index in [0.29, 0.717) is 23.1 Å². The van der Waals surface area contributed by atoms with Gasteiger partial charge in [-0.05, 0) is 41.1 Å². The Kier molecular flexibility index (Phi) is 3.72. The second-order valence-electron chi connectivity index (χ2n) is 3.72. The van der Waals surface area contributed by atoms with E-state index < -0.39 is 0 Å². The molecular formula is C13H13BrN2O2. The molecule has 2 N–H and O–H groups in total. The van der Waals surface area contributed by atoms with Crippen molar-refractivity contribution < 1.29 is 9.47 Å². The summed E-state index contributed by atoms with van der Waals surface area (Å²) in [5, 5.41) is 0. The smallest absolute Gasteiger partial charge is 0.219 e. The monoisotopic (exact) mass is 308 g/mol. The summed E-state index contributed by atoms with van der Waals surface area (Å²) in [7, 11) is 1.59. The van der Waals surface area contributed by atoms with Crippen LogP contribution in [0.4, 0.5) is 5.69 Å². The molecule has 0 aliphatic heterocycles. The van der Waals surface area contributed by atoms with Crippen molar-refractivity contribution in [1.82, 2.24) is 4.98 Å². The number of methoxy groups -OCH3 is 1. The minimum Gasteiger partial charge on any atom is -0.497 e. The predicted octanol–water partition coefficient (Wildman–Crippen LogP) is 3.54. The normalized spacial score (nSPS) is 10.2. The van der Waals surface area contributed by atoms with Gasteiger partial charge in [0.15, 0.2) is 5.75 Å². The van der Waals surface area contributed by atoms with Crippen LogP contribution in [0.5, 0.6) is 17.4 Å². The highest BCUT2D eigenvalue weighted by Crippen LogP contribution is 2.30. The second kappa shape index (κ2) is 5.27. The predicted molar refractivity (Wildman–Crippen MR) is 74.2 cm³/mol. The summed E-state index contributed by atoms with van der Waals surface area (Å²) in [6, 6.07) is 8.92. The summed E-state index contributed by atoms with van der Waals surface area (Å²) >= 11 is 3.39. The van der Waals surface area contributed by atoms with E-state index in [1.165, 1.54) is 0 Å². The lowest BCUT2D eigenvalue weighted by Crippen LogP contribution is -1.95. The van der Waals surface area contributed by atoms with Gasteiger partial charge in [-0.25, -0.2) is 4.98 Å². The summed E-state index contributed by atoms with van der Waals surface area (Å²) in [6.07, 6.45) is 0. The first kappa shape index (κ1) is 12.7. The minimum absolute atomic E-state index is 0.507. The van der Waals surface area contributed by atoms with Crippen LogP contribution in [0, 0.1) is 6.92 Å². The standard InChI is InChI=1S/C13H13BrN2O2/c1-8-10(14)4-6-13(16-8)18-12-5-3-9(17-2)7-11(12)15/h3-7H,15H2,1-2H3. The van der Waals surface area contributed by atoms with Crippen LogP contribution in [0.15, 0.2) is 34.8 Å². The fourth-order valence-electron chi connectivity index (χ4n) is 1.44. The van der Waals surface area contributed by atoms with E-state index in [0.717, 1.165) is 10.2 Å². The number of hydrogen-bond acceptors (Lipinski definition) is 4. The van der Waals surface area contributed by atoms with Crippen LogP contribution in [-0.2, 0) is 0 Å². The van der Waals surface area contributed by atoms with Crippen LogP contribution in [0.3, 0.4) is 0 Å². The van der Waals surface area contributed by atoms with Crippen molar-refractivity contribution in [2.45, 2.75) is 6.92 Å². The van der Waals surface area contributed by atoms with E-state index in [1.807, 2.05) is 13.0 Å². The summed E-state index contributed by atoms with van der Waals surface area (Å²) in [6.45, 7) is 1.90. The molecule has 1 aromatic heterocycles. The third-order valence-corrected chi connectivity index (χ3v) is 3.27. The molecule has 18 heavy (non-hydrogen) atoms. The fraction of sp³-hybridized carbons (Fsp3) is 0.154. The zero-order chi connectivity index (χ0) is 13.1. The van der Waals surface area contributed by atoms with Crippen LogP contribution in [0.2, 0.25) is 0 Å². The molecule has 0 saturated heterocycles. The zero-order valence-electron chi connectivity index (χ0n) is 10.1. The van der Waals surface area contributed by atoms with Crippen LogP contribution >= 0.6 is 15.9 Å². The molecule has 0 radical (unpaired) electrons. The van der Waals surface area contributed by atoms with Crippen molar-refractivity contribution in [2.24, 2.45) is 0 Å². The highest BCUT2D eigenvalue weighted by molar-refractivity contribution is 9.10. The number of halogens is 1. The number of ether oxygens (including phenoxy) is 2. The Morgan fingerprint density at radius 2 is 2.00 bits per heavy atom. The SMILES string of the molecule is COc1ccc(Oc2ccc(Br)c(C)n2)c(N)c1. The molecule has 5 heteroatoms. The number of aromatic nitrogens is 1. The molecule has 2 aromatic rings. The Morgan fingerprint density at radius 1 is 1.22 bits per heavy atom. The lowest BCUT2D eigenvalue weighted by molar-refractivity contribution is 0.412. The number of nitrogens with zero attached hydrogens (tertiary/aromatic N) is 1. The number of hydrogen-bond donors (Lipinski definition) is 1. The van der Waals surface area contributed by atoms with Gasteiger partial charge in [0.05, 0.1) is 18.5 Å². The Hall–Kier alpha value is -1.75. The van der Waals surface area contributed by atoms with Crippen LogP contribution in [0.1, 0.15) is 5.69 Å². The molecule has 0 saturated carbocycles. The van der Waals surface area contributed by atoms with E-state index in [9.17, 15) is 0 Å². The van der Waals surface area contributed by atoms with Gasteiger partial charge < -0.3 is 15.2 Å². The molecule has 2 rings (SSSR count). The van der Waals surface area contributed by atoms with Crippen molar-refractivity contribution in [3.63, 3.8) is 0 Å².